The van der Waals surface area contributed by atoms with Crippen LogP contribution in [0.4, 0.5) is 5.95 Å². The second-order valence-corrected chi connectivity index (χ2v) is 8.58. The van der Waals surface area contributed by atoms with Crippen LogP contribution < -0.4 is 16.6 Å². The van der Waals surface area contributed by atoms with Crippen molar-refractivity contribution in [2.24, 2.45) is 14.1 Å². The van der Waals surface area contributed by atoms with E-state index in [9.17, 15) is 9.59 Å². The molecule has 2 heterocycles. The van der Waals surface area contributed by atoms with Crippen molar-refractivity contribution < 1.29 is 0 Å². The third-order valence-corrected chi connectivity index (χ3v) is 6.24. The summed E-state index contributed by atoms with van der Waals surface area (Å²) in [5, 5.41) is 4.50. The van der Waals surface area contributed by atoms with Crippen molar-refractivity contribution in [3.63, 3.8) is 0 Å². The summed E-state index contributed by atoms with van der Waals surface area (Å²) in [6.07, 6.45) is 0.573. The Balaban J connectivity index is 1.76. The van der Waals surface area contributed by atoms with Gasteiger partial charge < -0.3 is 5.32 Å². The lowest BCUT2D eigenvalue weighted by Gasteiger charge is -2.12. The highest BCUT2D eigenvalue weighted by Crippen LogP contribution is 2.25. The second kappa shape index (κ2) is 8.84. The minimum atomic E-state index is -0.420. The summed E-state index contributed by atoms with van der Waals surface area (Å²) in [5.41, 5.74) is 2.91. The minimum absolute atomic E-state index is 0.337. The Hall–Kier alpha value is -3.03. The average Bonchev–Trinajstić information content (AvgIpc) is 3.12. The summed E-state index contributed by atoms with van der Waals surface area (Å²) >= 11 is 12.6. The first-order valence-electron chi connectivity index (χ1n) is 10.2. The van der Waals surface area contributed by atoms with Crippen LogP contribution in [0.25, 0.3) is 11.2 Å². The Morgan fingerprint density at radius 1 is 0.969 bits per heavy atom. The van der Waals surface area contributed by atoms with Crippen LogP contribution >= 0.6 is 23.2 Å². The maximum Gasteiger partial charge on any atom is 0.332 e. The van der Waals surface area contributed by atoms with Crippen LogP contribution in [0.2, 0.25) is 10.0 Å². The van der Waals surface area contributed by atoms with Gasteiger partial charge in [0.2, 0.25) is 5.95 Å². The molecule has 4 rings (SSSR count). The first kappa shape index (κ1) is 22.2. The fourth-order valence-corrected chi connectivity index (χ4v) is 4.27. The maximum atomic E-state index is 13.0. The van der Waals surface area contributed by atoms with E-state index < -0.39 is 5.69 Å². The number of halogens is 2. The normalized spacial score (nSPS) is 11.3. The van der Waals surface area contributed by atoms with Gasteiger partial charge in [-0.05, 0) is 36.6 Å². The van der Waals surface area contributed by atoms with Crippen LogP contribution in [-0.4, -0.2) is 25.2 Å². The molecule has 0 radical (unpaired) electrons. The van der Waals surface area contributed by atoms with Gasteiger partial charge in [0.15, 0.2) is 11.2 Å². The summed E-state index contributed by atoms with van der Waals surface area (Å²) in [4.78, 5) is 30.0. The van der Waals surface area contributed by atoms with Gasteiger partial charge in [0.1, 0.15) is 0 Å². The first-order valence-corrected chi connectivity index (χ1v) is 10.9. The third-order valence-electron chi connectivity index (χ3n) is 5.53. The molecule has 9 heteroatoms. The number of fused-ring (bicyclic) bond motifs is 1. The van der Waals surface area contributed by atoms with Crippen LogP contribution in [-0.2, 0) is 27.1 Å². The second-order valence-electron chi connectivity index (χ2n) is 7.76. The van der Waals surface area contributed by atoms with Crippen molar-refractivity contribution in [2.45, 2.75) is 19.9 Å². The van der Waals surface area contributed by atoms with Gasteiger partial charge in [0.05, 0.1) is 6.54 Å². The Morgan fingerprint density at radius 2 is 1.62 bits per heavy atom. The Labute approximate surface area is 194 Å². The molecule has 0 unspecified atom stereocenters. The van der Waals surface area contributed by atoms with Gasteiger partial charge in [-0.1, -0.05) is 59.1 Å². The lowest BCUT2D eigenvalue weighted by atomic mass is 10.1. The Bertz CT molecular complexity index is 1400. The van der Waals surface area contributed by atoms with Crippen molar-refractivity contribution >= 4 is 40.3 Å². The van der Waals surface area contributed by atoms with Gasteiger partial charge in [0.25, 0.3) is 5.56 Å². The highest BCUT2D eigenvalue weighted by Gasteiger charge is 2.19. The summed E-state index contributed by atoms with van der Waals surface area (Å²) in [6, 6.07) is 13.5. The molecule has 0 saturated carbocycles. The average molecular weight is 472 g/mol. The number of aromatic nitrogens is 4. The zero-order chi connectivity index (χ0) is 23.0. The number of nitrogens with zero attached hydrogens (tertiary/aromatic N) is 4. The van der Waals surface area contributed by atoms with Gasteiger partial charge in [-0.2, -0.15) is 4.98 Å². The standard InChI is InChI=1S/C23H23Cl2N5O2/c1-14-7-9-15(10-8-14)13-30-19-20(28(2)23(32)29(3)21(19)31)27-22(30)26-12-11-16-17(24)5-4-6-18(16)25/h4-10H,11-13H2,1-3H3,(H,26,27). The molecule has 32 heavy (non-hydrogen) atoms. The lowest BCUT2D eigenvalue weighted by Crippen LogP contribution is -2.37. The fraction of sp³-hybridized carbons (Fsp3) is 0.261. The quantitative estimate of drug-likeness (QED) is 0.464. The Morgan fingerprint density at radius 3 is 2.28 bits per heavy atom. The monoisotopic (exact) mass is 471 g/mol. The number of rotatable bonds is 6. The molecular formula is C23H23Cl2N5O2. The molecule has 0 aliphatic rings. The molecule has 0 fully saturated rings. The molecule has 0 bridgehead atoms. The number of anilines is 1. The van der Waals surface area contributed by atoms with E-state index in [1.165, 1.54) is 11.6 Å². The molecule has 7 nitrogen and oxygen atoms in total. The third kappa shape index (κ3) is 4.06. The number of nitrogens with one attached hydrogen (secondary N) is 1. The van der Waals surface area contributed by atoms with Gasteiger partial charge in [0, 0.05) is 30.7 Å². The van der Waals surface area contributed by atoms with E-state index in [1.807, 2.05) is 35.8 Å². The van der Waals surface area contributed by atoms with E-state index in [0.29, 0.717) is 46.7 Å². The smallest absolute Gasteiger partial charge is 0.332 e. The SMILES string of the molecule is Cc1ccc(Cn2c(NCCc3c(Cl)cccc3Cl)nc3c2c(=O)n(C)c(=O)n3C)cc1. The van der Waals surface area contributed by atoms with E-state index in [4.69, 9.17) is 23.2 Å². The largest absolute Gasteiger partial charge is 0.355 e. The van der Waals surface area contributed by atoms with E-state index in [-0.39, 0.29) is 5.56 Å². The van der Waals surface area contributed by atoms with Crippen LogP contribution in [0.15, 0.2) is 52.1 Å². The van der Waals surface area contributed by atoms with Crippen LogP contribution in [0.3, 0.4) is 0 Å². The van der Waals surface area contributed by atoms with Crippen LogP contribution in [0.1, 0.15) is 16.7 Å². The van der Waals surface area contributed by atoms with Crippen molar-refractivity contribution in [3.8, 4) is 0 Å². The van der Waals surface area contributed by atoms with Crippen molar-refractivity contribution in [3.05, 3.63) is 90.0 Å². The molecule has 4 aromatic rings. The number of aryl methyl sites for hydroxylation is 2. The molecule has 1 N–H and O–H groups in total. The number of hydrogen-bond donors (Lipinski definition) is 1. The molecule has 0 aliphatic heterocycles. The zero-order valence-electron chi connectivity index (χ0n) is 18.0. The van der Waals surface area contributed by atoms with E-state index in [2.05, 4.69) is 10.3 Å². The predicted octanol–water partition coefficient (Wildman–Crippen LogP) is 3.75. The topological polar surface area (TPSA) is 73.8 Å². The number of hydrogen-bond acceptors (Lipinski definition) is 4. The molecule has 166 valence electrons. The highest BCUT2D eigenvalue weighted by molar-refractivity contribution is 6.36. The molecule has 0 aliphatic carbocycles. The van der Waals surface area contributed by atoms with E-state index >= 15 is 0 Å². The maximum absolute atomic E-state index is 13.0. The van der Waals surface area contributed by atoms with Gasteiger partial charge in [-0.15, -0.1) is 0 Å². The predicted molar refractivity (Wildman–Crippen MR) is 129 cm³/mol. The highest BCUT2D eigenvalue weighted by atomic mass is 35.5. The zero-order valence-corrected chi connectivity index (χ0v) is 19.5. The number of benzene rings is 2. The summed E-state index contributed by atoms with van der Waals surface area (Å²) in [6.45, 7) is 2.95. The summed E-state index contributed by atoms with van der Waals surface area (Å²) in [7, 11) is 3.08. The Kier molecular flexibility index (Phi) is 6.13. The van der Waals surface area contributed by atoms with E-state index in [0.717, 1.165) is 21.3 Å². The van der Waals surface area contributed by atoms with Gasteiger partial charge >= 0.3 is 5.69 Å². The van der Waals surface area contributed by atoms with E-state index in [1.54, 1.807) is 25.2 Å². The lowest BCUT2D eigenvalue weighted by molar-refractivity contribution is 0.702. The molecule has 0 amide bonds. The molecular weight excluding hydrogens is 449 g/mol. The molecule has 0 saturated heterocycles. The van der Waals surface area contributed by atoms with Crippen molar-refractivity contribution in [2.75, 3.05) is 11.9 Å². The van der Waals surface area contributed by atoms with Crippen LogP contribution in [0, 0.1) is 6.92 Å². The van der Waals surface area contributed by atoms with Gasteiger partial charge in [-0.25, -0.2) is 4.79 Å². The molecule has 2 aromatic heterocycles. The van der Waals surface area contributed by atoms with Gasteiger partial charge in [-0.3, -0.25) is 18.5 Å². The van der Waals surface area contributed by atoms with Crippen molar-refractivity contribution in [1.29, 1.82) is 0 Å². The van der Waals surface area contributed by atoms with Crippen LogP contribution in [0.5, 0.6) is 0 Å². The molecule has 0 spiro atoms. The first-order chi connectivity index (χ1) is 15.3. The summed E-state index contributed by atoms with van der Waals surface area (Å²) < 4.78 is 4.30. The fourth-order valence-electron chi connectivity index (χ4n) is 3.68. The van der Waals surface area contributed by atoms with Crippen molar-refractivity contribution in [1.82, 2.24) is 18.7 Å². The molecule has 0 atom stereocenters. The summed E-state index contributed by atoms with van der Waals surface area (Å²) in [5.74, 6) is 0.502. The molecule has 2 aromatic carbocycles. The number of imidazole rings is 1. The minimum Gasteiger partial charge on any atom is -0.355 e.